The number of nitrogens with one attached hydrogen (secondary N) is 1. The quantitative estimate of drug-likeness (QED) is 0.871. The highest BCUT2D eigenvalue weighted by Gasteiger charge is 2.29. The summed E-state index contributed by atoms with van der Waals surface area (Å²) < 4.78 is 0. The van der Waals surface area contributed by atoms with Gasteiger partial charge in [-0.1, -0.05) is 12.1 Å². The lowest BCUT2D eigenvalue weighted by atomic mass is 9.91. The van der Waals surface area contributed by atoms with Crippen molar-refractivity contribution >= 4 is 5.97 Å². The van der Waals surface area contributed by atoms with Crippen molar-refractivity contribution < 1.29 is 9.90 Å². The second kappa shape index (κ2) is 5.31. The van der Waals surface area contributed by atoms with Crippen LogP contribution in [0, 0.1) is 0 Å². The number of hydrogen-bond acceptors (Lipinski definition) is 3. The van der Waals surface area contributed by atoms with Crippen LogP contribution in [0.2, 0.25) is 0 Å². The van der Waals surface area contributed by atoms with Crippen LogP contribution >= 0.6 is 0 Å². The minimum Gasteiger partial charge on any atom is -0.478 e. The van der Waals surface area contributed by atoms with Gasteiger partial charge < -0.3 is 15.3 Å². The van der Waals surface area contributed by atoms with Crippen LogP contribution in [0.3, 0.4) is 0 Å². The molecule has 2 fully saturated rings. The van der Waals surface area contributed by atoms with Crippen molar-refractivity contribution in [2.75, 3.05) is 19.6 Å². The molecule has 0 amide bonds. The fourth-order valence-electron chi connectivity index (χ4n) is 3.05. The van der Waals surface area contributed by atoms with Crippen LogP contribution in [0.5, 0.6) is 0 Å². The van der Waals surface area contributed by atoms with E-state index >= 15 is 0 Å². The van der Waals surface area contributed by atoms with Crippen LogP contribution in [0.25, 0.3) is 0 Å². The number of aromatic carboxylic acids is 1. The molecule has 102 valence electrons. The van der Waals surface area contributed by atoms with Gasteiger partial charge in [0.05, 0.1) is 5.56 Å². The summed E-state index contributed by atoms with van der Waals surface area (Å²) in [6.45, 7) is 3.54. The van der Waals surface area contributed by atoms with Gasteiger partial charge in [0.15, 0.2) is 0 Å². The van der Waals surface area contributed by atoms with Crippen LogP contribution < -0.4 is 5.32 Å². The summed E-state index contributed by atoms with van der Waals surface area (Å²) in [5.41, 5.74) is 1.56. The number of likely N-dealkylation sites (tertiary alicyclic amines) is 1. The molecule has 2 aliphatic heterocycles. The van der Waals surface area contributed by atoms with E-state index in [4.69, 9.17) is 5.11 Å². The number of benzene rings is 1. The standard InChI is InChI=1S/C15H20N2O2/c18-15(19)12-4-2-11(3-5-12)14-10-13(6-7-16-14)17-8-1-9-17/h2-5,13-14,16H,1,6-10H2,(H,18,19)/t13?,14-/m0/s1. The van der Waals surface area contributed by atoms with Gasteiger partial charge in [0.2, 0.25) is 0 Å². The van der Waals surface area contributed by atoms with Crippen LogP contribution in [0.4, 0.5) is 0 Å². The number of nitrogens with zero attached hydrogens (tertiary/aromatic N) is 1. The van der Waals surface area contributed by atoms with E-state index in [-0.39, 0.29) is 0 Å². The smallest absolute Gasteiger partial charge is 0.335 e. The molecular formula is C15H20N2O2. The molecule has 1 aromatic carbocycles. The van der Waals surface area contributed by atoms with Crippen molar-refractivity contribution in [3.63, 3.8) is 0 Å². The lowest BCUT2D eigenvalue weighted by Crippen LogP contribution is -2.50. The molecule has 0 aromatic heterocycles. The average molecular weight is 260 g/mol. The van der Waals surface area contributed by atoms with Crippen LogP contribution in [-0.4, -0.2) is 41.7 Å². The second-order valence-electron chi connectivity index (χ2n) is 5.50. The van der Waals surface area contributed by atoms with Gasteiger partial charge in [0.25, 0.3) is 0 Å². The minimum absolute atomic E-state index is 0.360. The first-order chi connectivity index (χ1) is 9.24. The van der Waals surface area contributed by atoms with Crippen molar-refractivity contribution in [2.45, 2.75) is 31.3 Å². The predicted octanol–water partition coefficient (Wildman–Crippen LogP) is 1.88. The molecule has 0 radical (unpaired) electrons. The molecule has 0 aliphatic carbocycles. The van der Waals surface area contributed by atoms with Gasteiger partial charge in [0.1, 0.15) is 0 Å². The van der Waals surface area contributed by atoms with Gasteiger partial charge in [-0.05, 0) is 56.6 Å². The fourth-order valence-corrected chi connectivity index (χ4v) is 3.05. The number of carboxylic acids is 1. The number of carboxylic acid groups (broad SMARTS) is 1. The number of piperidine rings is 1. The van der Waals surface area contributed by atoms with Crippen LogP contribution in [-0.2, 0) is 0 Å². The molecular weight excluding hydrogens is 240 g/mol. The summed E-state index contributed by atoms with van der Waals surface area (Å²) in [4.78, 5) is 13.4. The Labute approximate surface area is 113 Å². The van der Waals surface area contributed by atoms with E-state index in [0.29, 0.717) is 17.6 Å². The van der Waals surface area contributed by atoms with Crippen LogP contribution in [0.15, 0.2) is 24.3 Å². The Morgan fingerprint density at radius 1 is 1.26 bits per heavy atom. The first kappa shape index (κ1) is 12.6. The van der Waals surface area contributed by atoms with Crippen molar-refractivity contribution in [2.24, 2.45) is 0 Å². The molecule has 2 atom stereocenters. The molecule has 2 aliphatic rings. The number of rotatable bonds is 3. The SMILES string of the molecule is O=C(O)c1ccc([C@@H]2CC(N3CCC3)CCN2)cc1. The predicted molar refractivity (Wildman–Crippen MR) is 73.4 cm³/mol. The lowest BCUT2D eigenvalue weighted by Gasteiger charge is -2.43. The largest absolute Gasteiger partial charge is 0.478 e. The Morgan fingerprint density at radius 3 is 2.58 bits per heavy atom. The maximum atomic E-state index is 10.9. The minimum atomic E-state index is -0.860. The maximum Gasteiger partial charge on any atom is 0.335 e. The zero-order chi connectivity index (χ0) is 13.2. The van der Waals surface area contributed by atoms with Crippen molar-refractivity contribution in [1.29, 1.82) is 0 Å². The van der Waals surface area contributed by atoms with E-state index in [1.165, 1.54) is 31.5 Å². The summed E-state index contributed by atoms with van der Waals surface area (Å²) in [5, 5.41) is 12.5. The Balaban J connectivity index is 1.68. The molecule has 0 bridgehead atoms. The average Bonchev–Trinajstić information content (AvgIpc) is 2.37. The molecule has 4 heteroatoms. The molecule has 0 spiro atoms. The molecule has 4 nitrogen and oxygen atoms in total. The Hall–Kier alpha value is -1.39. The third-order valence-corrected chi connectivity index (χ3v) is 4.34. The zero-order valence-corrected chi connectivity index (χ0v) is 11.0. The van der Waals surface area contributed by atoms with Crippen molar-refractivity contribution in [1.82, 2.24) is 10.2 Å². The molecule has 1 unspecified atom stereocenters. The van der Waals surface area contributed by atoms with E-state index in [1.807, 2.05) is 12.1 Å². The van der Waals surface area contributed by atoms with E-state index < -0.39 is 5.97 Å². The highest BCUT2D eigenvalue weighted by molar-refractivity contribution is 5.87. The first-order valence-electron chi connectivity index (χ1n) is 7.05. The van der Waals surface area contributed by atoms with Crippen LogP contribution in [0.1, 0.15) is 41.2 Å². The monoisotopic (exact) mass is 260 g/mol. The van der Waals surface area contributed by atoms with Crippen molar-refractivity contribution in [3.05, 3.63) is 35.4 Å². The molecule has 3 rings (SSSR count). The highest BCUT2D eigenvalue weighted by Crippen LogP contribution is 2.28. The summed E-state index contributed by atoms with van der Waals surface area (Å²) >= 11 is 0. The summed E-state index contributed by atoms with van der Waals surface area (Å²) in [7, 11) is 0. The second-order valence-corrected chi connectivity index (χ2v) is 5.50. The van der Waals surface area contributed by atoms with E-state index in [2.05, 4.69) is 10.2 Å². The summed E-state index contributed by atoms with van der Waals surface area (Å²) in [6.07, 6.45) is 3.69. The van der Waals surface area contributed by atoms with Gasteiger partial charge in [-0.25, -0.2) is 4.79 Å². The maximum absolute atomic E-state index is 10.9. The highest BCUT2D eigenvalue weighted by atomic mass is 16.4. The van der Waals surface area contributed by atoms with E-state index in [9.17, 15) is 4.79 Å². The fraction of sp³-hybridized carbons (Fsp3) is 0.533. The third kappa shape index (κ3) is 2.65. The topological polar surface area (TPSA) is 52.6 Å². The number of carbonyl (C=O) groups is 1. The van der Waals surface area contributed by atoms with Gasteiger partial charge in [-0.2, -0.15) is 0 Å². The summed E-state index contributed by atoms with van der Waals surface area (Å²) in [6, 6.07) is 8.35. The first-order valence-corrected chi connectivity index (χ1v) is 7.05. The molecule has 2 N–H and O–H groups in total. The van der Waals surface area contributed by atoms with E-state index in [0.717, 1.165) is 13.0 Å². The van der Waals surface area contributed by atoms with Gasteiger partial charge in [0, 0.05) is 12.1 Å². The molecule has 2 heterocycles. The third-order valence-electron chi connectivity index (χ3n) is 4.34. The Morgan fingerprint density at radius 2 is 2.00 bits per heavy atom. The molecule has 2 saturated heterocycles. The summed E-state index contributed by atoms with van der Waals surface area (Å²) in [5.74, 6) is -0.860. The molecule has 0 saturated carbocycles. The molecule has 1 aromatic rings. The normalized spacial score (nSPS) is 27.8. The Kier molecular flexibility index (Phi) is 3.53. The number of hydrogen-bond donors (Lipinski definition) is 2. The van der Waals surface area contributed by atoms with Gasteiger partial charge in [-0.3, -0.25) is 0 Å². The van der Waals surface area contributed by atoms with E-state index in [1.54, 1.807) is 12.1 Å². The Bertz CT molecular complexity index is 454. The zero-order valence-electron chi connectivity index (χ0n) is 11.0. The van der Waals surface area contributed by atoms with Gasteiger partial charge >= 0.3 is 5.97 Å². The van der Waals surface area contributed by atoms with Crippen molar-refractivity contribution in [3.8, 4) is 0 Å². The van der Waals surface area contributed by atoms with Gasteiger partial charge in [-0.15, -0.1) is 0 Å². The lowest BCUT2D eigenvalue weighted by molar-refractivity contribution is 0.0696. The molecule has 19 heavy (non-hydrogen) atoms.